The molecule has 5 heteroatoms. The van der Waals surface area contributed by atoms with Gasteiger partial charge in [-0.05, 0) is 33.2 Å². The van der Waals surface area contributed by atoms with E-state index >= 15 is 0 Å². The summed E-state index contributed by atoms with van der Waals surface area (Å²) in [6, 6.07) is 0. The molecular formula is C10H23N3O2. The summed E-state index contributed by atoms with van der Waals surface area (Å²) in [7, 11) is 0. The van der Waals surface area contributed by atoms with Gasteiger partial charge in [0, 0.05) is 19.6 Å². The fourth-order valence-electron chi connectivity index (χ4n) is 1.06. The molecule has 0 aliphatic heterocycles. The molecule has 0 unspecified atom stereocenters. The largest absolute Gasteiger partial charge is 0.409 e. The molecule has 0 spiro atoms. The van der Waals surface area contributed by atoms with Crippen molar-refractivity contribution in [3.63, 3.8) is 0 Å². The zero-order valence-electron chi connectivity index (χ0n) is 9.70. The number of hydrogen-bond donors (Lipinski definition) is 3. The molecule has 0 atom stereocenters. The predicted octanol–water partition coefficient (Wildman–Crippen LogP) is 0.918. The summed E-state index contributed by atoms with van der Waals surface area (Å²) in [5, 5.41) is 14.4. The van der Waals surface area contributed by atoms with Crippen molar-refractivity contribution in [1.29, 1.82) is 0 Å². The molecule has 0 fully saturated rings. The number of nitrogens with two attached hydrogens (primary N) is 1. The van der Waals surface area contributed by atoms with Crippen LogP contribution in [-0.4, -0.2) is 36.8 Å². The molecule has 0 bridgehead atoms. The first-order valence-corrected chi connectivity index (χ1v) is 5.45. The summed E-state index contributed by atoms with van der Waals surface area (Å²) in [5.41, 5.74) is 5.31. The van der Waals surface area contributed by atoms with E-state index in [2.05, 4.69) is 10.5 Å². The molecule has 0 aliphatic carbocycles. The zero-order chi connectivity index (χ0) is 11.5. The van der Waals surface area contributed by atoms with Crippen LogP contribution in [0, 0.1) is 0 Å². The van der Waals surface area contributed by atoms with Crippen molar-refractivity contribution in [2.75, 3.05) is 19.7 Å². The number of ether oxygens (including phenoxy) is 1. The van der Waals surface area contributed by atoms with Crippen LogP contribution >= 0.6 is 0 Å². The molecule has 0 aromatic rings. The van der Waals surface area contributed by atoms with Crippen LogP contribution in [0.4, 0.5) is 0 Å². The zero-order valence-corrected chi connectivity index (χ0v) is 9.70. The van der Waals surface area contributed by atoms with Gasteiger partial charge in [-0.15, -0.1) is 0 Å². The number of unbranched alkanes of at least 4 members (excludes halogenated alkanes) is 1. The molecule has 0 saturated carbocycles. The van der Waals surface area contributed by atoms with Gasteiger partial charge in [0.2, 0.25) is 0 Å². The number of amidine groups is 1. The SMILES string of the molecule is CC(C)OCCCCNCCC(N)=NO. The highest BCUT2D eigenvalue weighted by atomic mass is 16.5. The van der Waals surface area contributed by atoms with Gasteiger partial charge in [0.1, 0.15) is 5.84 Å². The van der Waals surface area contributed by atoms with E-state index in [9.17, 15) is 0 Å². The van der Waals surface area contributed by atoms with Crippen molar-refractivity contribution in [2.24, 2.45) is 10.9 Å². The third-order valence-corrected chi connectivity index (χ3v) is 1.89. The van der Waals surface area contributed by atoms with E-state index in [0.29, 0.717) is 12.5 Å². The molecule has 0 heterocycles. The van der Waals surface area contributed by atoms with Gasteiger partial charge in [0.05, 0.1) is 6.10 Å². The quantitative estimate of drug-likeness (QED) is 0.176. The van der Waals surface area contributed by atoms with E-state index < -0.39 is 0 Å². The molecule has 0 aliphatic rings. The lowest BCUT2D eigenvalue weighted by atomic mass is 10.3. The average molecular weight is 217 g/mol. The number of rotatable bonds is 9. The van der Waals surface area contributed by atoms with Gasteiger partial charge in [0.25, 0.3) is 0 Å². The van der Waals surface area contributed by atoms with Crippen molar-refractivity contribution < 1.29 is 9.94 Å². The summed E-state index contributed by atoms with van der Waals surface area (Å²) >= 11 is 0. The molecule has 0 aromatic heterocycles. The lowest BCUT2D eigenvalue weighted by molar-refractivity contribution is 0.0760. The van der Waals surface area contributed by atoms with E-state index in [1.54, 1.807) is 0 Å². The van der Waals surface area contributed by atoms with Crippen molar-refractivity contribution >= 4 is 5.84 Å². The molecule has 15 heavy (non-hydrogen) atoms. The van der Waals surface area contributed by atoms with Gasteiger partial charge in [-0.2, -0.15) is 0 Å². The van der Waals surface area contributed by atoms with E-state index in [1.807, 2.05) is 13.8 Å². The summed E-state index contributed by atoms with van der Waals surface area (Å²) in [6.07, 6.45) is 3.05. The van der Waals surface area contributed by atoms with E-state index in [-0.39, 0.29) is 5.84 Å². The Morgan fingerprint density at radius 1 is 1.40 bits per heavy atom. The van der Waals surface area contributed by atoms with Crippen molar-refractivity contribution in [3.8, 4) is 0 Å². The predicted molar refractivity (Wildman–Crippen MR) is 61.2 cm³/mol. The minimum absolute atomic E-state index is 0.269. The first-order chi connectivity index (χ1) is 7.16. The summed E-state index contributed by atoms with van der Waals surface area (Å²) in [5.74, 6) is 0.269. The fourth-order valence-corrected chi connectivity index (χ4v) is 1.06. The maximum Gasteiger partial charge on any atom is 0.140 e. The van der Waals surface area contributed by atoms with Gasteiger partial charge in [0.15, 0.2) is 0 Å². The van der Waals surface area contributed by atoms with Crippen LogP contribution in [0.25, 0.3) is 0 Å². The van der Waals surface area contributed by atoms with Gasteiger partial charge < -0.3 is 21.0 Å². The first-order valence-electron chi connectivity index (χ1n) is 5.45. The lowest BCUT2D eigenvalue weighted by Crippen LogP contribution is -2.23. The maximum atomic E-state index is 8.28. The number of nitrogens with one attached hydrogen (secondary N) is 1. The second-order valence-corrected chi connectivity index (χ2v) is 3.72. The molecule has 4 N–H and O–H groups in total. The topological polar surface area (TPSA) is 79.9 Å². The average Bonchev–Trinajstić information content (AvgIpc) is 2.21. The van der Waals surface area contributed by atoms with Gasteiger partial charge in [-0.25, -0.2) is 0 Å². The Labute approximate surface area is 91.7 Å². The summed E-state index contributed by atoms with van der Waals surface area (Å²) < 4.78 is 5.40. The van der Waals surface area contributed by atoms with E-state index in [4.69, 9.17) is 15.7 Å². The molecule has 5 nitrogen and oxygen atoms in total. The molecule has 0 radical (unpaired) electrons. The molecule has 0 aromatic carbocycles. The van der Waals surface area contributed by atoms with E-state index in [0.717, 1.165) is 32.5 Å². The van der Waals surface area contributed by atoms with Crippen LogP contribution in [0.2, 0.25) is 0 Å². The normalized spacial score (nSPS) is 12.3. The molecule has 90 valence electrons. The second-order valence-electron chi connectivity index (χ2n) is 3.72. The van der Waals surface area contributed by atoms with Crippen LogP contribution in [-0.2, 0) is 4.74 Å². The smallest absolute Gasteiger partial charge is 0.140 e. The van der Waals surface area contributed by atoms with Crippen LogP contribution in [0.15, 0.2) is 5.16 Å². The highest BCUT2D eigenvalue weighted by Crippen LogP contribution is 1.93. The van der Waals surface area contributed by atoms with Gasteiger partial charge in [-0.3, -0.25) is 0 Å². The van der Waals surface area contributed by atoms with E-state index in [1.165, 1.54) is 0 Å². The third-order valence-electron chi connectivity index (χ3n) is 1.89. The number of nitrogens with zero attached hydrogens (tertiary/aromatic N) is 1. The fraction of sp³-hybridized carbons (Fsp3) is 0.900. The Hall–Kier alpha value is -0.810. The molecule has 0 amide bonds. The highest BCUT2D eigenvalue weighted by Gasteiger charge is 1.94. The summed E-state index contributed by atoms with van der Waals surface area (Å²) in [6.45, 7) is 6.59. The second kappa shape index (κ2) is 9.73. The Morgan fingerprint density at radius 3 is 2.73 bits per heavy atom. The molecule has 0 rings (SSSR count). The number of oxime groups is 1. The minimum atomic E-state index is 0.269. The number of hydrogen-bond acceptors (Lipinski definition) is 4. The standard InChI is InChI=1S/C10H23N3O2/c1-9(2)15-8-4-3-6-12-7-5-10(11)13-14/h9,12,14H,3-8H2,1-2H3,(H2,11,13). The Morgan fingerprint density at radius 2 is 2.13 bits per heavy atom. The van der Waals surface area contributed by atoms with Crippen molar-refractivity contribution in [3.05, 3.63) is 0 Å². The molecular weight excluding hydrogens is 194 g/mol. The summed E-state index contributed by atoms with van der Waals surface area (Å²) in [4.78, 5) is 0. The highest BCUT2D eigenvalue weighted by molar-refractivity contribution is 5.79. The molecule has 0 saturated heterocycles. The van der Waals surface area contributed by atoms with Gasteiger partial charge >= 0.3 is 0 Å². The van der Waals surface area contributed by atoms with Gasteiger partial charge in [-0.1, -0.05) is 5.16 Å². The minimum Gasteiger partial charge on any atom is -0.409 e. The van der Waals surface area contributed by atoms with Crippen molar-refractivity contribution in [2.45, 2.75) is 39.2 Å². The van der Waals surface area contributed by atoms with Crippen LogP contribution < -0.4 is 11.1 Å². The van der Waals surface area contributed by atoms with Crippen molar-refractivity contribution in [1.82, 2.24) is 5.32 Å². The maximum absolute atomic E-state index is 8.28. The Balaban J connectivity index is 3.05. The third kappa shape index (κ3) is 11.1. The van der Waals surface area contributed by atoms with Crippen LogP contribution in [0.1, 0.15) is 33.1 Å². The Kier molecular flexibility index (Phi) is 9.21. The first kappa shape index (κ1) is 14.2. The monoisotopic (exact) mass is 217 g/mol. The van der Waals surface area contributed by atoms with Crippen LogP contribution in [0.3, 0.4) is 0 Å². The van der Waals surface area contributed by atoms with Crippen LogP contribution in [0.5, 0.6) is 0 Å². The lowest BCUT2D eigenvalue weighted by Gasteiger charge is -2.07. The Bertz CT molecular complexity index is 172.